The van der Waals surface area contributed by atoms with Crippen LogP contribution in [0.1, 0.15) is 19.4 Å². The van der Waals surface area contributed by atoms with Crippen LogP contribution >= 0.6 is 27.5 Å². The third-order valence-corrected chi connectivity index (χ3v) is 4.23. The second-order valence-electron chi connectivity index (χ2n) is 5.24. The molecular weight excluding hydrogens is 352 g/mol. The summed E-state index contributed by atoms with van der Waals surface area (Å²) in [6, 6.07) is 16.6. The van der Waals surface area contributed by atoms with Gasteiger partial charge in [0.05, 0.1) is 5.41 Å². The topological polar surface area (TPSA) is 26.3 Å². The molecule has 4 heteroatoms. The molecule has 0 aliphatic carbocycles. The molecule has 1 atom stereocenters. The van der Waals surface area contributed by atoms with Crippen molar-refractivity contribution in [3.8, 4) is 5.75 Å². The highest BCUT2D eigenvalue weighted by atomic mass is 79.9. The molecule has 2 aromatic rings. The molecule has 2 aromatic carbocycles. The molecule has 0 aliphatic heterocycles. The van der Waals surface area contributed by atoms with Crippen molar-refractivity contribution in [2.45, 2.75) is 24.3 Å². The Morgan fingerprint density at radius 1 is 1.10 bits per heavy atom. The van der Waals surface area contributed by atoms with Gasteiger partial charge in [-0.3, -0.25) is 4.79 Å². The Kier molecular flexibility index (Phi) is 5.07. The molecule has 0 saturated carbocycles. The first-order valence-corrected chi connectivity index (χ1v) is 7.87. The Balaban J connectivity index is 2.15. The van der Waals surface area contributed by atoms with Gasteiger partial charge in [-0.05, 0) is 59.6 Å². The van der Waals surface area contributed by atoms with Gasteiger partial charge in [0.2, 0.25) is 5.01 Å². The summed E-state index contributed by atoms with van der Waals surface area (Å²) in [5.74, 6) is 0.605. The first kappa shape index (κ1) is 16.1. The summed E-state index contributed by atoms with van der Waals surface area (Å²) in [5, 5.41) is -0.0523. The summed E-state index contributed by atoms with van der Waals surface area (Å²) in [6.07, 6.45) is 0. The number of Topliss-reactive ketones (excluding diaryl/α,β-unsaturated/α-hetero) is 1. The minimum Gasteiger partial charge on any atom is -0.471 e. The number of rotatable bonds is 5. The number of halogens is 2. The molecule has 0 radical (unpaired) electrons. The quantitative estimate of drug-likeness (QED) is 0.696. The zero-order chi connectivity index (χ0) is 15.5. The van der Waals surface area contributed by atoms with Gasteiger partial charge in [-0.2, -0.15) is 0 Å². The maximum Gasteiger partial charge on any atom is 0.211 e. The lowest BCUT2D eigenvalue weighted by molar-refractivity contribution is -0.126. The first-order valence-electron chi connectivity index (χ1n) is 6.57. The number of alkyl halides is 1. The fourth-order valence-electron chi connectivity index (χ4n) is 1.96. The first-order chi connectivity index (χ1) is 9.91. The van der Waals surface area contributed by atoms with Gasteiger partial charge in [0, 0.05) is 5.02 Å². The van der Waals surface area contributed by atoms with E-state index in [1.54, 1.807) is 12.1 Å². The van der Waals surface area contributed by atoms with E-state index in [0.717, 1.165) is 5.56 Å². The summed E-state index contributed by atoms with van der Waals surface area (Å²) in [5.41, 5.74) is 0.228. The van der Waals surface area contributed by atoms with Crippen molar-refractivity contribution in [2.75, 3.05) is 0 Å². The van der Waals surface area contributed by atoms with E-state index in [1.807, 2.05) is 56.3 Å². The number of benzene rings is 2. The SMILES string of the molecule is CC(C)(C(=O)C(Br)Oc1ccccc1)c1ccc(Cl)cc1. The zero-order valence-electron chi connectivity index (χ0n) is 11.8. The Hall–Kier alpha value is -1.32. The monoisotopic (exact) mass is 366 g/mol. The van der Waals surface area contributed by atoms with Gasteiger partial charge in [0.1, 0.15) is 5.75 Å². The van der Waals surface area contributed by atoms with E-state index in [9.17, 15) is 4.79 Å². The van der Waals surface area contributed by atoms with Crippen LogP contribution in [-0.2, 0) is 10.2 Å². The molecule has 110 valence electrons. The smallest absolute Gasteiger partial charge is 0.211 e. The van der Waals surface area contributed by atoms with Gasteiger partial charge in [-0.1, -0.05) is 41.9 Å². The predicted molar refractivity (Wildman–Crippen MR) is 89.3 cm³/mol. The van der Waals surface area contributed by atoms with Gasteiger partial charge in [-0.15, -0.1) is 0 Å². The molecule has 0 bridgehead atoms. The van der Waals surface area contributed by atoms with Crippen molar-refractivity contribution >= 4 is 33.3 Å². The van der Waals surface area contributed by atoms with Crippen molar-refractivity contribution in [3.05, 3.63) is 65.2 Å². The molecule has 0 spiro atoms. The van der Waals surface area contributed by atoms with Crippen LogP contribution in [0.4, 0.5) is 0 Å². The van der Waals surface area contributed by atoms with E-state index in [4.69, 9.17) is 16.3 Å². The molecular formula is C17H16BrClO2. The number of carbonyl (C=O) groups is 1. The molecule has 1 unspecified atom stereocenters. The normalized spacial score (nSPS) is 12.8. The Morgan fingerprint density at radius 2 is 1.67 bits per heavy atom. The zero-order valence-corrected chi connectivity index (χ0v) is 14.2. The van der Waals surface area contributed by atoms with E-state index >= 15 is 0 Å². The van der Waals surface area contributed by atoms with Crippen LogP contribution in [0.25, 0.3) is 0 Å². The molecule has 2 nitrogen and oxygen atoms in total. The van der Waals surface area contributed by atoms with Crippen molar-refractivity contribution < 1.29 is 9.53 Å². The third-order valence-electron chi connectivity index (χ3n) is 3.37. The predicted octanol–water partition coefficient (Wildman–Crippen LogP) is 4.99. The summed E-state index contributed by atoms with van der Waals surface area (Å²) in [7, 11) is 0. The van der Waals surface area contributed by atoms with Crippen LogP contribution in [0, 0.1) is 0 Å². The minimum absolute atomic E-state index is 0.0475. The van der Waals surface area contributed by atoms with Crippen molar-refractivity contribution in [1.82, 2.24) is 0 Å². The molecule has 0 fully saturated rings. The van der Waals surface area contributed by atoms with E-state index in [2.05, 4.69) is 15.9 Å². The van der Waals surface area contributed by atoms with Gasteiger partial charge in [0.15, 0.2) is 5.78 Å². The summed E-state index contributed by atoms with van der Waals surface area (Å²) in [6.45, 7) is 3.75. The molecule has 0 N–H and O–H groups in total. The van der Waals surface area contributed by atoms with E-state index in [-0.39, 0.29) is 5.78 Å². The van der Waals surface area contributed by atoms with E-state index in [0.29, 0.717) is 10.8 Å². The van der Waals surface area contributed by atoms with Crippen molar-refractivity contribution in [1.29, 1.82) is 0 Å². The van der Waals surface area contributed by atoms with Crippen LogP contribution in [-0.4, -0.2) is 10.8 Å². The lowest BCUT2D eigenvalue weighted by Crippen LogP contribution is -2.37. The van der Waals surface area contributed by atoms with Gasteiger partial charge < -0.3 is 4.74 Å². The number of ketones is 1. The van der Waals surface area contributed by atoms with Gasteiger partial charge in [-0.25, -0.2) is 0 Å². The van der Waals surface area contributed by atoms with Crippen LogP contribution < -0.4 is 4.74 Å². The number of hydrogen-bond acceptors (Lipinski definition) is 2. The molecule has 21 heavy (non-hydrogen) atoms. The lowest BCUT2D eigenvalue weighted by Gasteiger charge is -2.26. The Bertz CT molecular complexity index is 608. The number of hydrogen-bond donors (Lipinski definition) is 0. The van der Waals surface area contributed by atoms with E-state index in [1.165, 1.54) is 0 Å². The fourth-order valence-corrected chi connectivity index (χ4v) is 2.88. The van der Waals surface area contributed by atoms with Crippen molar-refractivity contribution in [2.24, 2.45) is 0 Å². The van der Waals surface area contributed by atoms with Crippen LogP contribution in [0.15, 0.2) is 54.6 Å². The fraction of sp³-hybridized carbons (Fsp3) is 0.235. The van der Waals surface area contributed by atoms with Crippen molar-refractivity contribution in [3.63, 3.8) is 0 Å². The van der Waals surface area contributed by atoms with Gasteiger partial charge >= 0.3 is 0 Å². The Morgan fingerprint density at radius 3 is 2.24 bits per heavy atom. The minimum atomic E-state index is -0.703. The highest BCUT2D eigenvalue weighted by molar-refractivity contribution is 9.09. The van der Waals surface area contributed by atoms with Gasteiger partial charge in [0.25, 0.3) is 0 Å². The summed E-state index contributed by atoms with van der Waals surface area (Å²) < 4.78 is 5.65. The summed E-state index contributed by atoms with van der Waals surface area (Å²) >= 11 is 9.22. The number of carbonyl (C=O) groups excluding carboxylic acids is 1. The lowest BCUT2D eigenvalue weighted by atomic mass is 9.81. The average Bonchev–Trinajstić information content (AvgIpc) is 2.48. The molecule has 0 amide bonds. The molecule has 2 rings (SSSR count). The standard InChI is InChI=1S/C17H16BrClO2/c1-17(2,12-8-10-13(19)11-9-12)15(20)16(18)21-14-6-4-3-5-7-14/h3-11,16H,1-2H3. The molecule has 0 aliphatic rings. The van der Waals surface area contributed by atoms with E-state index < -0.39 is 10.4 Å². The van der Waals surface area contributed by atoms with Crippen LogP contribution in [0.5, 0.6) is 5.75 Å². The average molecular weight is 368 g/mol. The highest BCUT2D eigenvalue weighted by Gasteiger charge is 2.35. The Labute approximate surface area is 138 Å². The highest BCUT2D eigenvalue weighted by Crippen LogP contribution is 2.29. The van der Waals surface area contributed by atoms with Crippen LogP contribution in [0.3, 0.4) is 0 Å². The molecule has 0 saturated heterocycles. The maximum atomic E-state index is 12.6. The van der Waals surface area contributed by atoms with Crippen LogP contribution in [0.2, 0.25) is 5.02 Å². The second-order valence-corrected chi connectivity index (χ2v) is 6.51. The number of para-hydroxylation sites is 1. The summed E-state index contributed by atoms with van der Waals surface area (Å²) in [4.78, 5) is 12.6. The largest absolute Gasteiger partial charge is 0.471 e. The number of ether oxygens (including phenoxy) is 1. The third kappa shape index (κ3) is 3.86. The maximum absolute atomic E-state index is 12.6. The molecule has 0 aromatic heterocycles. The second kappa shape index (κ2) is 6.63. The molecule has 0 heterocycles.